The molecule has 0 aliphatic rings. The molecule has 0 saturated heterocycles. The lowest BCUT2D eigenvalue weighted by Gasteiger charge is -2.23. The summed E-state index contributed by atoms with van der Waals surface area (Å²) in [5.41, 5.74) is 1.26. The van der Waals surface area contributed by atoms with E-state index in [2.05, 4.69) is 77.1 Å². The van der Waals surface area contributed by atoms with Gasteiger partial charge in [-0.25, -0.2) is 0 Å². The highest BCUT2D eigenvalue weighted by atomic mass is 16.5. The number of ether oxygens (including phenoxy) is 2. The molecule has 2 unspecified atom stereocenters. The molecule has 0 aliphatic carbocycles. The molecule has 0 bridgehead atoms. The number of aryl methyl sites for hydroxylation is 1. The van der Waals surface area contributed by atoms with Gasteiger partial charge in [-0.05, 0) is 67.5 Å². The standard InChI is InChI=1S/C25H32O2/c1-6-10-17(3)26-23-15-14-21-16-20-12-8-9-13-22(20)19(5)24(21)25(23)27-18(4)11-7-2/h8-9,12-18H,6-7,10-11H2,1-5H3. The second-order valence-corrected chi connectivity index (χ2v) is 7.65. The van der Waals surface area contributed by atoms with E-state index >= 15 is 0 Å². The topological polar surface area (TPSA) is 18.5 Å². The van der Waals surface area contributed by atoms with Gasteiger partial charge in [-0.1, -0.05) is 57.0 Å². The van der Waals surface area contributed by atoms with Gasteiger partial charge in [-0.3, -0.25) is 0 Å². The van der Waals surface area contributed by atoms with E-state index < -0.39 is 0 Å². The number of hydrogen-bond acceptors (Lipinski definition) is 2. The first-order chi connectivity index (χ1) is 13.0. The monoisotopic (exact) mass is 364 g/mol. The molecular formula is C25H32O2. The van der Waals surface area contributed by atoms with Crippen molar-refractivity contribution in [3.05, 3.63) is 48.0 Å². The van der Waals surface area contributed by atoms with Crippen LogP contribution >= 0.6 is 0 Å². The third-order valence-corrected chi connectivity index (χ3v) is 5.24. The molecule has 2 heteroatoms. The molecule has 144 valence electrons. The van der Waals surface area contributed by atoms with Gasteiger partial charge >= 0.3 is 0 Å². The molecule has 0 radical (unpaired) electrons. The Morgan fingerprint density at radius 3 is 2.19 bits per heavy atom. The van der Waals surface area contributed by atoms with Crippen LogP contribution in [-0.2, 0) is 0 Å². The van der Waals surface area contributed by atoms with Crippen molar-refractivity contribution in [2.24, 2.45) is 0 Å². The Hall–Kier alpha value is -2.22. The lowest BCUT2D eigenvalue weighted by molar-refractivity contribution is 0.173. The smallest absolute Gasteiger partial charge is 0.169 e. The van der Waals surface area contributed by atoms with E-state index in [1.165, 1.54) is 27.1 Å². The van der Waals surface area contributed by atoms with Crippen LogP contribution < -0.4 is 9.47 Å². The molecule has 2 atom stereocenters. The zero-order valence-corrected chi connectivity index (χ0v) is 17.3. The first kappa shape index (κ1) is 19.5. The fourth-order valence-corrected chi connectivity index (χ4v) is 3.91. The number of fused-ring (bicyclic) bond motifs is 2. The molecule has 27 heavy (non-hydrogen) atoms. The van der Waals surface area contributed by atoms with Crippen molar-refractivity contribution >= 4 is 21.5 Å². The Morgan fingerprint density at radius 2 is 1.48 bits per heavy atom. The van der Waals surface area contributed by atoms with Crippen LogP contribution in [0.5, 0.6) is 11.5 Å². The number of hydrogen-bond donors (Lipinski definition) is 0. The zero-order valence-electron chi connectivity index (χ0n) is 17.3. The molecule has 2 nitrogen and oxygen atoms in total. The highest BCUT2D eigenvalue weighted by molar-refractivity contribution is 6.05. The van der Waals surface area contributed by atoms with Crippen LogP contribution in [0.4, 0.5) is 0 Å². The number of benzene rings is 3. The molecule has 0 fully saturated rings. The fourth-order valence-electron chi connectivity index (χ4n) is 3.91. The van der Waals surface area contributed by atoms with Gasteiger partial charge in [-0.2, -0.15) is 0 Å². The average Bonchev–Trinajstić information content (AvgIpc) is 2.64. The van der Waals surface area contributed by atoms with Crippen LogP contribution in [0.3, 0.4) is 0 Å². The van der Waals surface area contributed by atoms with Crippen molar-refractivity contribution in [1.82, 2.24) is 0 Å². The third kappa shape index (κ3) is 4.21. The van der Waals surface area contributed by atoms with Crippen molar-refractivity contribution < 1.29 is 9.47 Å². The van der Waals surface area contributed by atoms with Gasteiger partial charge in [0.15, 0.2) is 11.5 Å². The average molecular weight is 365 g/mol. The van der Waals surface area contributed by atoms with Gasteiger partial charge in [0.05, 0.1) is 12.2 Å². The van der Waals surface area contributed by atoms with Crippen LogP contribution in [0.1, 0.15) is 58.9 Å². The van der Waals surface area contributed by atoms with E-state index in [1.54, 1.807) is 0 Å². The van der Waals surface area contributed by atoms with Gasteiger partial charge in [0.25, 0.3) is 0 Å². The Labute approximate surface area is 163 Å². The van der Waals surface area contributed by atoms with Gasteiger partial charge < -0.3 is 9.47 Å². The lowest BCUT2D eigenvalue weighted by Crippen LogP contribution is -2.15. The summed E-state index contributed by atoms with van der Waals surface area (Å²) in [6.45, 7) is 10.9. The summed E-state index contributed by atoms with van der Waals surface area (Å²) in [7, 11) is 0. The molecule has 0 aliphatic heterocycles. The minimum atomic E-state index is 0.162. The molecule has 0 saturated carbocycles. The molecule has 0 N–H and O–H groups in total. The summed E-state index contributed by atoms with van der Waals surface area (Å²) < 4.78 is 12.8. The Morgan fingerprint density at radius 1 is 0.815 bits per heavy atom. The molecule has 3 aromatic carbocycles. The van der Waals surface area contributed by atoms with Gasteiger partial charge in [0, 0.05) is 5.39 Å². The largest absolute Gasteiger partial charge is 0.487 e. The van der Waals surface area contributed by atoms with Crippen molar-refractivity contribution in [2.75, 3.05) is 0 Å². The lowest BCUT2D eigenvalue weighted by atomic mass is 9.96. The molecule has 3 aromatic rings. The molecule has 0 heterocycles. The quantitative estimate of drug-likeness (QED) is 0.387. The van der Waals surface area contributed by atoms with E-state index in [-0.39, 0.29) is 12.2 Å². The van der Waals surface area contributed by atoms with Crippen molar-refractivity contribution in [3.8, 4) is 11.5 Å². The maximum Gasteiger partial charge on any atom is 0.169 e. The van der Waals surface area contributed by atoms with Gasteiger partial charge in [0.1, 0.15) is 0 Å². The summed E-state index contributed by atoms with van der Waals surface area (Å²) in [6.07, 6.45) is 4.63. The summed E-state index contributed by atoms with van der Waals surface area (Å²) >= 11 is 0. The first-order valence-corrected chi connectivity index (χ1v) is 10.3. The van der Waals surface area contributed by atoms with Gasteiger partial charge in [0.2, 0.25) is 0 Å². The van der Waals surface area contributed by atoms with E-state index in [0.717, 1.165) is 37.2 Å². The van der Waals surface area contributed by atoms with Crippen molar-refractivity contribution in [3.63, 3.8) is 0 Å². The second kappa shape index (κ2) is 8.65. The Kier molecular flexibility index (Phi) is 6.26. The van der Waals surface area contributed by atoms with Crippen LogP contribution in [-0.4, -0.2) is 12.2 Å². The molecule has 3 rings (SSSR count). The zero-order chi connectivity index (χ0) is 19.4. The Bertz CT molecular complexity index is 913. The van der Waals surface area contributed by atoms with Gasteiger partial charge in [-0.15, -0.1) is 0 Å². The van der Waals surface area contributed by atoms with Crippen LogP contribution in [0.15, 0.2) is 42.5 Å². The highest BCUT2D eigenvalue weighted by Crippen LogP contribution is 2.41. The summed E-state index contributed by atoms with van der Waals surface area (Å²) in [6, 6.07) is 15.1. The fraction of sp³-hybridized carbons (Fsp3) is 0.440. The van der Waals surface area contributed by atoms with E-state index in [0.29, 0.717) is 0 Å². The van der Waals surface area contributed by atoms with Crippen LogP contribution in [0.2, 0.25) is 0 Å². The second-order valence-electron chi connectivity index (χ2n) is 7.65. The Balaban J connectivity index is 2.18. The van der Waals surface area contributed by atoms with Crippen LogP contribution in [0, 0.1) is 6.92 Å². The summed E-state index contributed by atoms with van der Waals surface area (Å²) in [5, 5.41) is 4.93. The third-order valence-electron chi connectivity index (χ3n) is 5.24. The highest BCUT2D eigenvalue weighted by Gasteiger charge is 2.18. The van der Waals surface area contributed by atoms with E-state index in [9.17, 15) is 0 Å². The molecule has 0 amide bonds. The minimum Gasteiger partial charge on any atom is -0.487 e. The van der Waals surface area contributed by atoms with E-state index in [4.69, 9.17) is 9.47 Å². The van der Waals surface area contributed by atoms with Crippen LogP contribution in [0.25, 0.3) is 21.5 Å². The maximum atomic E-state index is 6.48. The molecule has 0 spiro atoms. The van der Waals surface area contributed by atoms with E-state index in [1.807, 2.05) is 0 Å². The minimum absolute atomic E-state index is 0.162. The summed E-state index contributed by atoms with van der Waals surface area (Å²) in [5.74, 6) is 1.77. The normalized spacial score (nSPS) is 13.7. The summed E-state index contributed by atoms with van der Waals surface area (Å²) in [4.78, 5) is 0. The SMILES string of the molecule is CCCC(C)Oc1ccc2cc3ccccc3c(C)c2c1OC(C)CCC. The maximum absolute atomic E-state index is 6.48. The van der Waals surface area contributed by atoms with Crippen molar-refractivity contribution in [1.29, 1.82) is 0 Å². The number of rotatable bonds is 8. The van der Waals surface area contributed by atoms with Crippen molar-refractivity contribution in [2.45, 2.75) is 72.5 Å². The predicted octanol–water partition coefficient (Wildman–Crippen LogP) is 7.44. The molecular weight excluding hydrogens is 332 g/mol. The molecule has 0 aromatic heterocycles. The predicted molar refractivity (Wildman–Crippen MR) is 116 cm³/mol. The first-order valence-electron chi connectivity index (χ1n) is 10.3.